The Labute approximate surface area is 123 Å². The molecule has 3 rings (SSSR count). The molecular weight excluding hydrogens is 264 g/mol. The van der Waals surface area contributed by atoms with Gasteiger partial charge in [0.25, 0.3) is 5.91 Å². The summed E-state index contributed by atoms with van der Waals surface area (Å²) in [6.07, 6.45) is 2.50. The molecule has 0 unspecified atom stereocenters. The van der Waals surface area contributed by atoms with E-state index in [2.05, 4.69) is 11.2 Å². The molecule has 0 atom stereocenters. The van der Waals surface area contributed by atoms with E-state index < -0.39 is 0 Å². The summed E-state index contributed by atoms with van der Waals surface area (Å²) in [7, 11) is 0. The third-order valence-electron chi connectivity index (χ3n) is 3.45. The second-order valence-electron chi connectivity index (χ2n) is 4.84. The first-order valence-corrected chi connectivity index (χ1v) is 6.93. The Morgan fingerprint density at radius 2 is 1.90 bits per heavy atom. The van der Waals surface area contributed by atoms with E-state index in [1.807, 2.05) is 48.5 Å². The predicted octanol–water partition coefficient (Wildman–Crippen LogP) is 2.63. The van der Waals surface area contributed by atoms with E-state index in [9.17, 15) is 4.79 Å². The lowest BCUT2D eigenvalue weighted by Crippen LogP contribution is -2.31. The summed E-state index contributed by atoms with van der Waals surface area (Å²) < 4.78 is 0. The van der Waals surface area contributed by atoms with Gasteiger partial charge in [-0.25, -0.2) is 0 Å². The van der Waals surface area contributed by atoms with Crippen LogP contribution in [0.25, 0.3) is 0 Å². The SMILES string of the molecule is O=C(CO/N=C\c1ccccc1)N1CCc2ccccc21. The molecule has 0 aromatic heterocycles. The van der Waals surface area contributed by atoms with Crippen molar-refractivity contribution < 1.29 is 9.63 Å². The van der Waals surface area contributed by atoms with Crippen LogP contribution in [0.15, 0.2) is 59.8 Å². The van der Waals surface area contributed by atoms with E-state index in [0.29, 0.717) is 6.54 Å². The lowest BCUT2D eigenvalue weighted by atomic mass is 10.2. The molecule has 4 heteroatoms. The molecule has 0 aliphatic carbocycles. The van der Waals surface area contributed by atoms with Crippen LogP contribution in [0.4, 0.5) is 5.69 Å². The zero-order chi connectivity index (χ0) is 14.5. The molecule has 1 aliphatic rings. The summed E-state index contributed by atoms with van der Waals surface area (Å²) in [5.74, 6) is -0.0647. The van der Waals surface area contributed by atoms with Crippen LogP contribution in [0.2, 0.25) is 0 Å². The molecule has 0 radical (unpaired) electrons. The quantitative estimate of drug-likeness (QED) is 0.638. The molecular formula is C17H16N2O2. The van der Waals surface area contributed by atoms with Crippen LogP contribution in [0, 0.1) is 0 Å². The zero-order valence-corrected chi connectivity index (χ0v) is 11.6. The Bertz CT molecular complexity index is 653. The van der Waals surface area contributed by atoms with E-state index >= 15 is 0 Å². The fourth-order valence-corrected chi connectivity index (χ4v) is 2.40. The number of para-hydroxylation sites is 1. The highest BCUT2D eigenvalue weighted by atomic mass is 16.6. The first-order chi connectivity index (χ1) is 10.3. The molecule has 21 heavy (non-hydrogen) atoms. The number of nitrogens with zero attached hydrogens (tertiary/aromatic N) is 2. The molecule has 0 fully saturated rings. The topological polar surface area (TPSA) is 41.9 Å². The molecule has 0 bridgehead atoms. The summed E-state index contributed by atoms with van der Waals surface area (Å²) >= 11 is 0. The van der Waals surface area contributed by atoms with Crippen molar-refractivity contribution >= 4 is 17.8 Å². The minimum absolute atomic E-state index is 0.0440. The predicted molar refractivity (Wildman–Crippen MR) is 82.5 cm³/mol. The molecule has 4 nitrogen and oxygen atoms in total. The number of anilines is 1. The van der Waals surface area contributed by atoms with Crippen molar-refractivity contribution in [2.24, 2.45) is 5.16 Å². The van der Waals surface area contributed by atoms with Crippen LogP contribution < -0.4 is 4.90 Å². The number of carbonyl (C=O) groups is 1. The summed E-state index contributed by atoms with van der Waals surface area (Å²) in [5, 5.41) is 3.84. The first-order valence-electron chi connectivity index (χ1n) is 6.93. The number of rotatable bonds is 4. The van der Waals surface area contributed by atoms with Crippen LogP contribution in [-0.4, -0.2) is 25.3 Å². The number of fused-ring (bicyclic) bond motifs is 1. The van der Waals surface area contributed by atoms with E-state index in [1.165, 1.54) is 5.56 Å². The van der Waals surface area contributed by atoms with Gasteiger partial charge < -0.3 is 9.74 Å². The highest BCUT2D eigenvalue weighted by Gasteiger charge is 2.24. The van der Waals surface area contributed by atoms with Crippen molar-refractivity contribution in [3.8, 4) is 0 Å². The summed E-state index contributed by atoms with van der Waals surface area (Å²) in [5.41, 5.74) is 3.13. The summed E-state index contributed by atoms with van der Waals surface area (Å²) in [6.45, 7) is 0.668. The van der Waals surface area contributed by atoms with Crippen molar-refractivity contribution in [1.29, 1.82) is 0 Å². The van der Waals surface area contributed by atoms with Crippen molar-refractivity contribution in [2.45, 2.75) is 6.42 Å². The zero-order valence-electron chi connectivity index (χ0n) is 11.6. The maximum Gasteiger partial charge on any atom is 0.267 e. The van der Waals surface area contributed by atoms with Gasteiger partial charge in [0.05, 0.1) is 6.21 Å². The van der Waals surface area contributed by atoms with E-state index in [1.54, 1.807) is 11.1 Å². The molecule has 0 saturated heterocycles. The molecule has 0 spiro atoms. The fraction of sp³-hybridized carbons (Fsp3) is 0.176. The monoisotopic (exact) mass is 280 g/mol. The van der Waals surface area contributed by atoms with Crippen molar-refractivity contribution in [2.75, 3.05) is 18.1 Å². The smallest absolute Gasteiger partial charge is 0.267 e. The van der Waals surface area contributed by atoms with Gasteiger partial charge in [0.2, 0.25) is 0 Å². The maximum absolute atomic E-state index is 12.1. The van der Waals surface area contributed by atoms with Gasteiger partial charge >= 0.3 is 0 Å². The van der Waals surface area contributed by atoms with Gasteiger partial charge in [0.1, 0.15) is 0 Å². The molecule has 1 heterocycles. The average Bonchev–Trinajstić information content (AvgIpc) is 2.96. The summed E-state index contributed by atoms with van der Waals surface area (Å²) in [4.78, 5) is 19.0. The minimum atomic E-state index is -0.0647. The molecule has 1 aliphatic heterocycles. The summed E-state index contributed by atoms with van der Waals surface area (Å²) in [6, 6.07) is 17.6. The van der Waals surface area contributed by atoms with Crippen LogP contribution in [0.5, 0.6) is 0 Å². The van der Waals surface area contributed by atoms with Gasteiger partial charge in [-0.05, 0) is 23.6 Å². The van der Waals surface area contributed by atoms with Crippen LogP contribution in [0.3, 0.4) is 0 Å². The number of carbonyl (C=O) groups excluding carboxylic acids is 1. The minimum Gasteiger partial charge on any atom is -0.386 e. The van der Waals surface area contributed by atoms with Crippen molar-refractivity contribution in [1.82, 2.24) is 0 Å². The Morgan fingerprint density at radius 1 is 1.14 bits per heavy atom. The number of oxime groups is 1. The second-order valence-corrected chi connectivity index (χ2v) is 4.84. The first kappa shape index (κ1) is 13.4. The molecule has 2 aromatic rings. The second kappa shape index (κ2) is 6.22. The lowest BCUT2D eigenvalue weighted by Gasteiger charge is -2.16. The van der Waals surface area contributed by atoms with Gasteiger partial charge in [-0.2, -0.15) is 0 Å². The molecule has 0 N–H and O–H groups in total. The van der Waals surface area contributed by atoms with Gasteiger partial charge in [0.15, 0.2) is 6.61 Å². The van der Waals surface area contributed by atoms with Gasteiger partial charge in [-0.1, -0.05) is 53.7 Å². The number of amides is 1. The number of hydrogen-bond donors (Lipinski definition) is 0. The Hall–Kier alpha value is -2.62. The normalized spacial score (nSPS) is 13.4. The van der Waals surface area contributed by atoms with Crippen LogP contribution >= 0.6 is 0 Å². The van der Waals surface area contributed by atoms with Gasteiger partial charge in [0, 0.05) is 12.2 Å². The standard InChI is InChI=1S/C17H16N2O2/c20-17(13-21-18-12-14-6-2-1-3-7-14)19-11-10-15-8-4-5-9-16(15)19/h1-9,12H,10-11,13H2/b18-12-. The third-order valence-corrected chi connectivity index (χ3v) is 3.45. The molecule has 2 aromatic carbocycles. The third kappa shape index (κ3) is 3.11. The Kier molecular flexibility index (Phi) is 3.96. The van der Waals surface area contributed by atoms with Crippen LogP contribution in [-0.2, 0) is 16.1 Å². The van der Waals surface area contributed by atoms with Gasteiger partial charge in [-0.3, -0.25) is 4.79 Å². The van der Waals surface area contributed by atoms with Crippen molar-refractivity contribution in [3.05, 3.63) is 65.7 Å². The highest BCUT2D eigenvalue weighted by molar-refractivity contribution is 5.96. The molecule has 106 valence electrons. The number of hydrogen-bond acceptors (Lipinski definition) is 3. The largest absolute Gasteiger partial charge is 0.386 e. The Balaban J connectivity index is 1.55. The van der Waals surface area contributed by atoms with E-state index in [4.69, 9.17) is 4.84 Å². The molecule has 0 saturated carbocycles. The van der Waals surface area contributed by atoms with Gasteiger partial charge in [-0.15, -0.1) is 0 Å². The van der Waals surface area contributed by atoms with Crippen molar-refractivity contribution in [3.63, 3.8) is 0 Å². The van der Waals surface area contributed by atoms with Crippen LogP contribution in [0.1, 0.15) is 11.1 Å². The molecule has 1 amide bonds. The average molecular weight is 280 g/mol. The highest BCUT2D eigenvalue weighted by Crippen LogP contribution is 2.27. The lowest BCUT2D eigenvalue weighted by molar-refractivity contribution is -0.122. The Morgan fingerprint density at radius 3 is 2.76 bits per heavy atom. The van der Waals surface area contributed by atoms with E-state index in [0.717, 1.165) is 17.7 Å². The number of benzene rings is 2. The maximum atomic E-state index is 12.1. The van der Waals surface area contributed by atoms with E-state index in [-0.39, 0.29) is 12.5 Å². The fourth-order valence-electron chi connectivity index (χ4n) is 2.40.